The van der Waals surface area contributed by atoms with Gasteiger partial charge in [0, 0.05) is 28.3 Å². The lowest BCUT2D eigenvalue weighted by Crippen LogP contribution is -2.23. The number of hydrogen-bond donors (Lipinski definition) is 2. The van der Waals surface area contributed by atoms with Crippen molar-refractivity contribution < 1.29 is 9.59 Å². The molecule has 7 heteroatoms. The number of thioether (sulfide) groups is 1. The predicted molar refractivity (Wildman–Crippen MR) is 116 cm³/mol. The molecule has 28 heavy (non-hydrogen) atoms. The van der Waals surface area contributed by atoms with Gasteiger partial charge in [0.05, 0.1) is 11.7 Å². The van der Waals surface area contributed by atoms with Gasteiger partial charge in [-0.3, -0.25) is 14.9 Å². The van der Waals surface area contributed by atoms with E-state index in [1.54, 1.807) is 11.8 Å². The van der Waals surface area contributed by atoms with Gasteiger partial charge in [-0.1, -0.05) is 24.3 Å². The molecule has 0 spiro atoms. The number of nitrogens with zero attached hydrogens (tertiary/aromatic N) is 1. The van der Waals surface area contributed by atoms with Crippen molar-refractivity contribution in [2.24, 2.45) is 0 Å². The van der Waals surface area contributed by atoms with E-state index >= 15 is 0 Å². The molecule has 0 aliphatic carbocycles. The van der Waals surface area contributed by atoms with Crippen molar-refractivity contribution in [3.8, 4) is 11.3 Å². The van der Waals surface area contributed by atoms with E-state index < -0.39 is 0 Å². The maximum absolute atomic E-state index is 12.4. The fourth-order valence-electron chi connectivity index (χ4n) is 2.71. The number of rotatable bonds is 6. The van der Waals surface area contributed by atoms with Gasteiger partial charge in [0.1, 0.15) is 0 Å². The summed E-state index contributed by atoms with van der Waals surface area (Å²) in [4.78, 5) is 29.2. The first kappa shape index (κ1) is 20.1. The number of carbonyl (C=O) groups excluding carboxylic acids is 2. The Morgan fingerprint density at radius 1 is 1.07 bits per heavy atom. The Hall–Kier alpha value is -2.64. The molecule has 3 aromatic rings. The predicted octanol–water partition coefficient (Wildman–Crippen LogP) is 4.98. The molecule has 1 aromatic heterocycles. The van der Waals surface area contributed by atoms with Crippen LogP contribution in [0.25, 0.3) is 11.3 Å². The fraction of sp³-hybridized carbons (Fsp3) is 0.190. The summed E-state index contributed by atoms with van der Waals surface area (Å²) in [6, 6.07) is 15.3. The molecule has 0 saturated heterocycles. The lowest BCUT2D eigenvalue weighted by atomic mass is 10.1. The van der Waals surface area contributed by atoms with Crippen molar-refractivity contribution in [1.82, 2.24) is 10.3 Å². The zero-order chi connectivity index (χ0) is 20.1. The molecule has 0 unspecified atom stereocenters. The Balaban J connectivity index is 1.67. The number of thiazole rings is 1. The van der Waals surface area contributed by atoms with Crippen LogP contribution in [-0.4, -0.2) is 23.1 Å². The highest BCUT2D eigenvalue weighted by molar-refractivity contribution is 7.98. The third kappa shape index (κ3) is 4.99. The Labute approximate surface area is 172 Å². The summed E-state index contributed by atoms with van der Waals surface area (Å²) < 4.78 is 0. The third-order valence-electron chi connectivity index (χ3n) is 4.20. The number of carbonyl (C=O) groups is 2. The Kier molecular flexibility index (Phi) is 6.49. The van der Waals surface area contributed by atoms with Gasteiger partial charge in [0.2, 0.25) is 5.91 Å². The fourth-order valence-corrected chi connectivity index (χ4v) is 3.83. The molecule has 3 rings (SSSR count). The number of hydrogen-bond acceptors (Lipinski definition) is 5. The zero-order valence-electron chi connectivity index (χ0n) is 15.9. The summed E-state index contributed by atoms with van der Waals surface area (Å²) >= 11 is 3.03. The van der Waals surface area contributed by atoms with Gasteiger partial charge in [-0.05, 0) is 43.0 Å². The van der Waals surface area contributed by atoms with Crippen LogP contribution >= 0.6 is 23.1 Å². The molecular weight excluding hydrogens is 390 g/mol. The molecule has 1 atom stereocenters. The second-order valence-corrected chi connectivity index (χ2v) is 8.00. The van der Waals surface area contributed by atoms with Crippen molar-refractivity contribution >= 4 is 40.0 Å². The van der Waals surface area contributed by atoms with Gasteiger partial charge in [-0.2, -0.15) is 0 Å². The van der Waals surface area contributed by atoms with Crippen LogP contribution in [0.2, 0.25) is 0 Å². The van der Waals surface area contributed by atoms with Crippen molar-refractivity contribution in [2.75, 3.05) is 11.6 Å². The van der Waals surface area contributed by atoms with E-state index in [4.69, 9.17) is 0 Å². The van der Waals surface area contributed by atoms with E-state index in [1.165, 1.54) is 18.3 Å². The highest BCUT2D eigenvalue weighted by atomic mass is 32.2. The summed E-state index contributed by atoms with van der Waals surface area (Å²) in [6.07, 6.45) is 2.00. The second-order valence-electron chi connectivity index (χ2n) is 6.26. The summed E-state index contributed by atoms with van der Waals surface area (Å²) in [6.45, 7) is 3.45. The Morgan fingerprint density at radius 3 is 2.36 bits per heavy atom. The molecule has 5 nitrogen and oxygen atoms in total. The average molecular weight is 412 g/mol. The monoisotopic (exact) mass is 411 g/mol. The number of anilines is 1. The van der Waals surface area contributed by atoms with Crippen molar-refractivity contribution in [3.63, 3.8) is 0 Å². The number of amides is 2. The van der Waals surface area contributed by atoms with E-state index in [-0.39, 0.29) is 17.9 Å². The first-order chi connectivity index (χ1) is 13.5. The zero-order valence-corrected chi connectivity index (χ0v) is 17.5. The van der Waals surface area contributed by atoms with Crippen LogP contribution in [0.4, 0.5) is 5.13 Å². The maximum atomic E-state index is 12.4. The molecule has 0 fully saturated rings. The average Bonchev–Trinajstić information content (AvgIpc) is 3.16. The molecule has 2 amide bonds. The Bertz CT molecular complexity index is 966. The second kappa shape index (κ2) is 9.03. The number of benzene rings is 2. The number of nitrogens with one attached hydrogen (secondary N) is 2. The van der Waals surface area contributed by atoms with Crippen LogP contribution in [0.5, 0.6) is 0 Å². The highest BCUT2D eigenvalue weighted by Gasteiger charge is 2.11. The minimum atomic E-state index is -0.173. The minimum absolute atomic E-state index is 0.0469. The summed E-state index contributed by atoms with van der Waals surface area (Å²) in [7, 11) is 0. The van der Waals surface area contributed by atoms with E-state index in [2.05, 4.69) is 15.6 Å². The third-order valence-corrected chi connectivity index (χ3v) is 5.70. The topological polar surface area (TPSA) is 71.1 Å². The van der Waals surface area contributed by atoms with E-state index in [9.17, 15) is 9.59 Å². The Morgan fingerprint density at radius 2 is 1.75 bits per heavy atom. The highest BCUT2D eigenvalue weighted by Crippen LogP contribution is 2.26. The lowest BCUT2D eigenvalue weighted by Gasteiger charge is -2.13. The van der Waals surface area contributed by atoms with E-state index in [0.29, 0.717) is 10.7 Å². The van der Waals surface area contributed by atoms with Gasteiger partial charge in [0.15, 0.2) is 5.13 Å². The van der Waals surface area contributed by atoms with Gasteiger partial charge >= 0.3 is 0 Å². The van der Waals surface area contributed by atoms with E-state index in [1.807, 2.05) is 67.1 Å². The molecule has 0 saturated carbocycles. The largest absolute Gasteiger partial charge is 0.350 e. The van der Waals surface area contributed by atoms with Crippen LogP contribution < -0.4 is 10.6 Å². The quantitative estimate of drug-likeness (QED) is 0.561. The summed E-state index contributed by atoms with van der Waals surface area (Å²) in [5.41, 5.74) is 3.39. The van der Waals surface area contributed by atoms with Crippen molar-refractivity contribution in [3.05, 3.63) is 65.0 Å². The van der Waals surface area contributed by atoms with Crippen LogP contribution in [-0.2, 0) is 4.79 Å². The van der Waals surface area contributed by atoms with Crippen LogP contribution in [0.1, 0.15) is 35.8 Å². The normalized spacial score (nSPS) is 11.7. The molecular formula is C21H21N3O2S2. The SMILES string of the molecule is CSc1ccc(C(=O)Nc2nc(-c3ccc([C@@H](C)NC(C)=O)cc3)cs2)cc1. The molecule has 1 heterocycles. The summed E-state index contributed by atoms with van der Waals surface area (Å²) in [5, 5.41) is 8.19. The first-order valence-electron chi connectivity index (χ1n) is 8.74. The molecule has 0 aliphatic heterocycles. The molecule has 0 radical (unpaired) electrons. The molecule has 2 aromatic carbocycles. The smallest absolute Gasteiger partial charge is 0.257 e. The maximum Gasteiger partial charge on any atom is 0.257 e. The van der Waals surface area contributed by atoms with Gasteiger partial charge < -0.3 is 5.32 Å². The van der Waals surface area contributed by atoms with Gasteiger partial charge in [0.25, 0.3) is 5.91 Å². The molecule has 0 bridgehead atoms. The molecule has 2 N–H and O–H groups in total. The molecule has 144 valence electrons. The van der Waals surface area contributed by atoms with Gasteiger partial charge in [-0.15, -0.1) is 23.1 Å². The van der Waals surface area contributed by atoms with Crippen LogP contribution in [0.3, 0.4) is 0 Å². The van der Waals surface area contributed by atoms with Crippen molar-refractivity contribution in [1.29, 1.82) is 0 Å². The van der Waals surface area contributed by atoms with Crippen LogP contribution in [0.15, 0.2) is 58.8 Å². The lowest BCUT2D eigenvalue weighted by molar-refractivity contribution is -0.119. The van der Waals surface area contributed by atoms with Crippen LogP contribution in [0, 0.1) is 0 Å². The van der Waals surface area contributed by atoms with Crippen molar-refractivity contribution in [2.45, 2.75) is 24.8 Å². The minimum Gasteiger partial charge on any atom is -0.350 e. The number of aromatic nitrogens is 1. The van der Waals surface area contributed by atoms with Gasteiger partial charge in [-0.25, -0.2) is 4.98 Å². The van der Waals surface area contributed by atoms with E-state index in [0.717, 1.165) is 21.7 Å². The standard InChI is InChI=1S/C21H21N3O2S2/c1-13(22-14(2)25)15-4-6-16(7-5-15)19-12-28-21(23-19)24-20(26)17-8-10-18(27-3)11-9-17/h4-13H,1-3H3,(H,22,25)(H,23,24,26)/t13-/m1/s1. The summed E-state index contributed by atoms with van der Waals surface area (Å²) in [5.74, 6) is -0.229. The first-order valence-corrected chi connectivity index (χ1v) is 10.8. The molecule has 0 aliphatic rings.